The van der Waals surface area contributed by atoms with E-state index in [-0.39, 0.29) is 41.8 Å². The molecule has 3 heterocycles. The fraction of sp³-hybridized carbons (Fsp3) is 0.667. The lowest BCUT2D eigenvalue weighted by Gasteiger charge is -2.46. The minimum Gasteiger partial charge on any atom is -0.384 e. The monoisotopic (exact) mass is 540 g/mol. The van der Waals surface area contributed by atoms with Crippen LogP contribution in [-0.2, 0) is 9.53 Å². The third-order valence-corrected chi connectivity index (χ3v) is 7.92. The first kappa shape index (κ1) is 28.1. The van der Waals surface area contributed by atoms with E-state index < -0.39 is 12.8 Å². The minimum atomic E-state index is -1.17. The third kappa shape index (κ3) is 6.56. The molecule has 0 spiro atoms. The van der Waals surface area contributed by atoms with Gasteiger partial charge >= 0.3 is 0 Å². The van der Waals surface area contributed by atoms with Crippen LogP contribution in [0.25, 0.3) is 5.70 Å². The van der Waals surface area contributed by atoms with Gasteiger partial charge < -0.3 is 30.3 Å². The Labute approximate surface area is 223 Å². The van der Waals surface area contributed by atoms with E-state index >= 15 is 0 Å². The predicted molar refractivity (Wildman–Crippen MR) is 140 cm³/mol. The first-order chi connectivity index (χ1) is 17.8. The van der Waals surface area contributed by atoms with Crippen LogP contribution in [-0.4, -0.2) is 84.7 Å². The van der Waals surface area contributed by atoms with Gasteiger partial charge in [-0.1, -0.05) is 18.5 Å². The summed E-state index contributed by atoms with van der Waals surface area (Å²) < 4.78 is 33.8. The van der Waals surface area contributed by atoms with Crippen LogP contribution in [0.5, 0.6) is 0 Å². The maximum absolute atomic E-state index is 14.8. The van der Waals surface area contributed by atoms with Gasteiger partial charge in [-0.05, 0) is 62.6 Å². The van der Waals surface area contributed by atoms with Crippen LogP contribution in [0.3, 0.4) is 0 Å². The molecule has 1 amide bonds. The molecule has 7 nitrogen and oxygen atoms in total. The Morgan fingerprint density at radius 2 is 2.11 bits per heavy atom. The zero-order chi connectivity index (χ0) is 26.5. The maximum Gasteiger partial charge on any atom is 0.251 e. The molecule has 2 fully saturated rings. The predicted octanol–water partition coefficient (Wildman–Crippen LogP) is 3.37. The normalized spacial score (nSPS) is 26.1. The maximum atomic E-state index is 14.8. The highest BCUT2D eigenvalue weighted by Gasteiger charge is 2.44. The standard InChI is InChI=1S/C27H39ClF2N4O3/c1-3-8-33-16-24(22-12-20(28)4-5-23(22)30)32-26(33)25(19-6-9-37-10-7-19)34(27(36)17(2)35)15-18-11-21(13-29)31-14-18/h4-5,12,16-19,21,25-26,31-32,35H,3,6-11,13-15H2,1-2H3/t17-,18?,21?,25?,26?/m0/s1. The summed E-state index contributed by atoms with van der Waals surface area (Å²) in [5, 5.41) is 17.6. The molecule has 4 unspecified atom stereocenters. The molecular formula is C27H39ClF2N4O3. The number of carbonyl (C=O) groups excluding carboxylic acids is 1. The average molecular weight is 541 g/mol. The summed E-state index contributed by atoms with van der Waals surface area (Å²) in [6.07, 6.45) is 3.44. The van der Waals surface area contributed by atoms with E-state index in [1.807, 2.05) is 6.20 Å². The van der Waals surface area contributed by atoms with Crippen LogP contribution >= 0.6 is 11.6 Å². The van der Waals surface area contributed by atoms with E-state index in [2.05, 4.69) is 22.5 Å². The number of benzene rings is 1. The molecular weight excluding hydrogens is 502 g/mol. The summed E-state index contributed by atoms with van der Waals surface area (Å²) in [7, 11) is 0. The number of nitrogens with zero attached hydrogens (tertiary/aromatic N) is 2. The van der Waals surface area contributed by atoms with Gasteiger partial charge in [-0.15, -0.1) is 0 Å². The van der Waals surface area contributed by atoms with Crippen LogP contribution < -0.4 is 10.6 Å². The summed E-state index contributed by atoms with van der Waals surface area (Å²) in [6, 6.07) is 3.95. The van der Waals surface area contributed by atoms with Crippen molar-refractivity contribution in [1.29, 1.82) is 0 Å². The van der Waals surface area contributed by atoms with Crippen molar-refractivity contribution in [3.8, 4) is 0 Å². The number of alkyl halides is 1. The molecule has 0 aromatic heterocycles. The second kappa shape index (κ2) is 12.7. The molecule has 1 aromatic carbocycles. The van der Waals surface area contributed by atoms with Gasteiger partial charge in [0.05, 0.1) is 11.7 Å². The van der Waals surface area contributed by atoms with E-state index in [0.717, 1.165) is 19.3 Å². The van der Waals surface area contributed by atoms with Crippen molar-refractivity contribution in [2.45, 2.75) is 63.9 Å². The molecule has 0 radical (unpaired) electrons. The number of ether oxygens (including phenoxy) is 1. The molecule has 5 atom stereocenters. The van der Waals surface area contributed by atoms with E-state index in [1.165, 1.54) is 19.1 Å². The fourth-order valence-electron chi connectivity index (χ4n) is 5.90. The third-order valence-electron chi connectivity index (χ3n) is 7.68. The van der Waals surface area contributed by atoms with Gasteiger partial charge in [0.2, 0.25) is 0 Å². The lowest BCUT2D eigenvalue weighted by molar-refractivity contribution is -0.147. The smallest absolute Gasteiger partial charge is 0.251 e. The summed E-state index contributed by atoms with van der Waals surface area (Å²) in [5.41, 5.74) is 0.987. The lowest BCUT2D eigenvalue weighted by Crippen LogP contribution is -2.61. The summed E-state index contributed by atoms with van der Waals surface area (Å²) in [6.45, 7) is 6.04. The number of nitrogens with one attached hydrogen (secondary N) is 2. The van der Waals surface area contributed by atoms with Crippen LogP contribution in [0, 0.1) is 17.7 Å². The number of halogens is 3. The van der Waals surface area contributed by atoms with E-state index in [0.29, 0.717) is 55.6 Å². The number of aliphatic hydroxyl groups is 1. The first-order valence-corrected chi connectivity index (χ1v) is 13.7. The molecule has 10 heteroatoms. The van der Waals surface area contributed by atoms with Crippen LogP contribution in [0.4, 0.5) is 8.78 Å². The molecule has 3 N–H and O–H groups in total. The Kier molecular flexibility index (Phi) is 9.67. The quantitative estimate of drug-likeness (QED) is 0.422. The number of hydrogen-bond donors (Lipinski definition) is 3. The molecule has 3 aliphatic heterocycles. The van der Waals surface area contributed by atoms with Crippen molar-refractivity contribution in [3.63, 3.8) is 0 Å². The lowest BCUT2D eigenvalue weighted by atomic mass is 9.87. The number of carbonyl (C=O) groups is 1. The molecule has 3 aliphatic rings. The largest absolute Gasteiger partial charge is 0.384 e. The summed E-state index contributed by atoms with van der Waals surface area (Å²) in [5.74, 6) is -0.545. The number of rotatable bonds is 10. The molecule has 0 aliphatic carbocycles. The second-order valence-electron chi connectivity index (χ2n) is 10.5. The highest BCUT2D eigenvalue weighted by Crippen LogP contribution is 2.34. The van der Waals surface area contributed by atoms with Crippen LogP contribution in [0.1, 0.15) is 45.1 Å². The van der Waals surface area contributed by atoms with Gasteiger partial charge in [-0.3, -0.25) is 4.79 Å². The number of aliphatic hydroxyl groups excluding tert-OH is 1. The molecule has 1 aromatic rings. The van der Waals surface area contributed by atoms with E-state index in [9.17, 15) is 18.7 Å². The van der Waals surface area contributed by atoms with Crippen molar-refractivity contribution >= 4 is 23.2 Å². The van der Waals surface area contributed by atoms with Crippen molar-refractivity contribution < 1.29 is 23.4 Å². The Hall–Kier alpha value is -1.94. The number of amides is 1. The Balaban J connectivity index is 1.69. The van der Waals surface area contributed by atoms with Gasteiger partial charge in [0.15, 0.2) is 0 Å². The Morgan fingerprint density at radius 3 is 2.76 bits per heavy atom. The van der Waals surface area contributed by atoms with Gasteiger partial charge in [-0.2, -0.15) is 0 Å². The van der Waals surface area contributed by atoms with E-state index in [1.54, 1.807) is 11.0 Å². The van der Waals surface area contributed by atoms with Crippen molar-refractivity contribution in [1.82, 2.24) is 20.4 Å². The molecule has 0 saturated carbocycles. The summed E-state index contributed by atoms with van der Waals surface area (Å²) in [4.78, 5) is 17.5. The SMILES string of the molecule is CCCN1C=C(c2cc(Cl)ccc2F)NC1C(C1CCOCC1)N(CC1CNC(CF)C1)C(=O)[C@H](C)O. The zero-order valence-electron chi connectivity index (χ0n) is 21.6. The second-order valence-corrected chi connectivity index (χ2v) is 10.9. The Morgan fingerprint density at radius 1 is 1.35 bits per heavy atom. The highest BCUT2D eigenvalue weighted by molar-refractivity contribution is 6.30. The van der Waals surface area contributed by atoms with Crippen LogP contribution in [0.15, 0.2) is 24.4 Å². The summed E-state index contributed by atoms with van der Waals surface area (Å²) >= 11 is 6.20. The first-order valence-electron chi connectivity index (χ1n) is 13.4. The van der Waals surface area contributed by atoms with Gasteiger partial charge in [0, 0.05) is 55.7 Å². The van der Waals surface area contributed by atoms with Crippen LogP contribution in [0.2, 0.25) is 5.02 Å². The Bertz CT molecular complexity index is 960. The molecule has 4 rings (SSSR count). The van der Waals surface area contributed by atoms with Gasteiger partial charge in [-0.25, -0.2) is 8.78 Å². The van der Waals surface area contributed by atoms with E-state index in [4.69, 9.17) is 16.3 Å². The minimum absolute atomic E-state index is 0.0737. The molecule has 0 bridgehead atoms. The topological polar surface area (TPSA) is 77.1 Å². The van der Waals surface area contributed by atoms with Gasteiger partial charge in [0.1, 0.15) is 24.8 Å². The van der Waals surface area contributed by atoms with Crippen molar-refractivity contribution in [3.05, 3.63) is 40.8 Å². The number of hydrogen-bond acceptors (Lipinski definition) is 6. The average Bonchev–Trinajstić information content (AvgIpc) is 3.52. The highest BCUT2D eigenvalue weighted by atomic mass is 35.5. The molecule has 37 heavy (non-hydrogen) atoms. The molecule has 2 saturated heterocycles. The molecule has 206 valence electrons. The zero-order valence-corrected chi connectivity index (χ0v) is 22.4. The van der Waals surface area contributed by atoms with Crippen molar-refractivity contribution in [2.24, 2.45) is 11.8 Å². The van der Waals surface area contributed by atoms with Gasteiger partial charge in [0.25, 0.3) is 5.91 Å². The van der Waals surface area contributed by atoms with Crippen molar-refractivity contribution in [2.75, 3.05) is 39.5 Å². The fourth-order valence-corrected chi connectivity index (χ4v) is 6.07.